The number of hydrogen-bond acceptors (Lipinski definition) is 3. The normalized spacial score (nSPS) is 19.4. The largest absolute Gasteiger partial charge is 0.470 e. The summed E-state index contributed by atoms with van der Waals surface area (Å²) in [7, 11) is 0. The van der Waals surface area contributed by atoms with Crippen molar-refractivity contribution in [2.24, 2.45) is 11.8 Å². The highest BCUT2D eigenvalue weighted by molar-refractivity contribution is 6.30. The molecule has 4 rings (SSSR count). The zero-order valence-electron chi connectivity index (χ0n) is 14.8. The third-order valence-corrected chi connectivity index (χ3v) is 5.65. The molecule has 130 valence electrons. The lowest BCUT2D eigenvalue weighted by molar-refractivity contribution is 0.293. The molecule has 4 nitrogen and oxygen atoms in total. The molecular formula is C20H22ClN3O. The Bertz CT molecular complexity index is 917. The standard InChI is InChI=1S/C20H22ClN3O/c1-12-8-16(12)10-24-14(3)13(2)18-9-22-23-20(19(18)24)25-11-15-4-6-17(21)7-5-15/h4-7,9,12,16H,8,10-11H2,1-3H3/t12-,16?/m0/s1. The Morgan fingerprint density at radius 2 is 1.96 bits per heavy atom. The minimum Gasteiger partial charge on any atom is -0.470 e. The lowest BCUT2D eigenvalue weighted by atomic mass is 10.2. The number of ether oxygens (including phenoxy) is 1. The van der Waals surface area contributed by atoms with Gasteiger partial charge < -0.3 is 9.30 Å². The van der Waals surface area contributed by atoms with Crippen LogP contribution in [0.2, 0.25) is 5.02 Å². The van der Waals surface area contributed by atoms with Gasteiger partial charge in [0.25, 0.3) is 5.88 Å². The van der Waals surface area contributed by atoms with Gasteiger partial charge in [0, 0.05) is 22.6 Å². The van der Waals surface area contributed by atoms with E-state index in [1.54, 1.807) is 0 Å². The Hall–Kier alpha value is -2.07. The second-order valence-corrected chi connectivity index (χ2v) is 7.56. The summed E-state index contributed by atoms with van der Waals surface area (Å²) in [5.41, 5.74) is 4.67. The molecule has 1 aliphatic rings. The first kappa shape index (κ1) is 16.4. The van der Waals surface area contributed by atoms with Gasteiger partial charge in [-0.25, -0.2) is 0 Å². The summed E-state index contributed by atoms with van der Waals surface area (Å²) in [5, 5.41) is 10.3. The van der Waals surface area contributed by atoms with Crippen molar-refractivity contribution in [1.82, 2.24) is 14.8 Å². The van der Waals surface area contributed by atoms with Crippen LogP contribution in [0.25, 0.3) is 10.9 Å². The van der Waals surface area contributed by atoms with E-state index in [2.05, 4.69) is 35.5 Å². The SMILES string of the molecule is Cc1c(C)n(CC2C[C@@H]2C)c2c(OCc3ccc(Cl)cc3)nncc12. The van der Waals surface area contributed by atoms with Gasteiger partial charge in [0.05, 0.1) is 6.20 Å². The highest BCUT2D eigenvalue weighted by atomic mass is 35.5. The molecule has 1 aromatic carbocycles. The number of hydrogen-bond donors (Lipinski definition) is 0. The minimum absolute atomic E-state index is 0.452. The van der Waals surface area contributed by atoms with Crippen LogP contribution in [0.4, 0.5) is 0 Å². The predicted octanol–water partition coefficient (Wildman–Crippen LogP) is 4.94. The van der Waals surface area contributed by atoms with Crippen molar-refractivity contribution in [1.29, 1.82) is 0 Å². The van der Waals surface area contributed by atoms with E-state index < -0.39 is 0 Å². The van der Waals surface area contributed by atoms with Gasteiger partial charge in [0.2, 0.25) is 0 Å². The first-order valence-corrected chi connectivity index (χ1v) is 9.10. The van der Waals surface area contributed by atoms with Crippen LogP contribution < -0.4 is 4.74 Å². The van der Waals surface area contributed by atoms with Crippen LogP contribution in [0.5, 0.6) is 5.88 Å². The van der Waals surface area contributed by atoms with Gasteiger partial charge in [-0.2, -0.15) is 5.10 Å². The smallest absolute Gasteiger partial charge is 0.258 e. The third-order valence-electron chi connectivity index (χ3n) is 5.40. The van der Waals surface area contributed by atoms with Gasteiger partial charge in [-0.3, -0.25) is 0 Å². The summed E-state index contributed by atoms with van der Waals surface area (Å²) in [5.74, 6) is 2.17. The molecule has 0 aliphatic heterocycles. The number of fused-ring (bicyclic) bond motifs is 1. The topological polar surface area (TPSA) is 39.9 Å². The number of aryl methyl sites for hydroxylation is 1. The molecule has 0 bridgehead atoms. The molecule has 5 heteroatoms. The molecule has 0 radical (unpaired) electrons. The van der Waals surface area contributed by atoms with E-state index >= 15 is 0 Å². The van der Waals surface area contributed by atoms with Crippen LogP contribution in [-0.4, -0.2) is 14.8 Å². The minimum atomic E-state index is 0.452. The zero-order valence-corrected chi connectivity index (χ0v) is 15.5. The maximum atomic E-state index is 6.05. The highest BCUT2D eigenvalue weighted by Gasteiger charge is 2.34. The molecule has 0 N–H and O–H groups in total. The van der Waals surface area contributed by atoms with E-state index in [4.69, 9.17) is 16.3 Å². The fraction of sp³-hybridized carbons (Fsp3) is 0.400. The number of nitrogens with zero attached hydrogens (tertiary/aromatic N) is 3. The molecule has 1 saturated carbocycles. The maximum absolute atomic E-state index is 6.05. The fourth-order valence-corrected chi connectivity index (χ4v) is 3.53. The first-order chi connectivity index (χ1) is 12.0. The van der Waals surface area contributed by atoms with Crippen molar-refractivity contribution in [2.45, 2.75) is 40.3 Å². The molecule has 0 saturated heterocycles. The second kappa shape index (κ2) is 6.34. The number of benzene rings is 1. The fourth-order valence-electron chi connectivity index (χ4n) is 3.41. The lowest BCUT2D eigenvalue weighted by Gasteiger charge is -2.11. The summed E-state index contributed by atoms with van der Waals surface area (Å²) in [6.07, 6.45) is 3.15. The van der Waals surface area contributed by atoms with E-state index in [1.807, 2.05) is 30.5 Å². The average molecular weight is 356 g/mol. The Labute approximate surface area is 152 Å². The number of aromatic nitrogens is 3. The van der Waals surface area contributed by atoms with Crippen molar-refractivity contribution < 1.29 is 4.74 Å². The van der Waals surface area contributed by atoms with Crippen molar-refractivity contribution in [3.63, 3.8) is 0 Å². The molecule has 2 heterocycles. The lowest BCUT2D eigenvalue weighted by Crippen LogP contribution is -2.06. The van der Waals surface area contributed by atoms with Crippen molar-refractivity contribution in [3.05, 3.63) is 52.3 Å². The summed E-state index contributed by atoms with van der Waals surface area (Å²) in [6, 6.07) is 7.69. The van der Waals surface area contributed by atoms with Crippen LogP contribution >= 0.6 is 11.6 Å². The monoisotopic (exact) mass is 355 g/mol. The first-order valence-electron chi connectivity index (χ1n) is 8.73. The van der Waals surface area contributed by atoms with Gasteiger partial charge in [-0.05, 0) is 55.4 Å². The molecule has 1 fully saturated rings. The van der Waals surface area contributed by atoms with Crippen LogP contribution in [-0.2, 0) is 13.2 Å². The Kier molecular flexibility index (Phi) is 4.16. The molecule has 0 spiro atoms. The van der Waals surface area contributed by atoms with Gasteiger partial charge in [-0.15, -0.1) is 5.10 Å². The molecule has 2 atom stereocenters. The Balaban J connectivity index is 1.68. The number of rotatable bonds is 5. The maximum Gasteiger partial charge on any atom is 0.258 e. The van der Waals surface area contributed by atoms with E-state index in [1.165, 1.54) is 17.7 Å². The molecular weight excluding hydrogens is 334 g/mol. The van der Waals surface area contributed by atoms with Crippen molar-refractivity contribution in [3.8, 4) is 5.88 Å². The third kappa shape index (κ3) is 3.11. The summed E-state index contributed by atoms with van der Waals surface area (Å²) < 4.78 is 8.41. The van der Waals surface area contributed by atoms with E-state index in [-0.39, 0.29) is 0 Å². The Morgan fingerprint density at radius 3 is 2.64 bits per heavy atom. The van der Waals surface area contributed by atoms with Crippen LogP contribution in [0.1, 0.15) is 30.2 Å². The van der Waals surface area contributed by atoms with Gasteiger partial charge >= 0.3 is 0 Å². The molecule has 0 amide bonds. The van der Waals surface area contributed by atoms with Crippen LogP contribution in [0.15, 0.2) is 30.5 Å². The molecule has 1 unspecified atom stereocenters. The molecule has 1 aliphatic carbocycles. The van der Waals surface area contributed by atoms with E-state index in [9.17, 15) is 0 Å². The summed E-state index contributed by atoms with van der Waals surface area (Å²) in [4.78, 5) is 0. The van der Waals surface area contributed by atoms with Crippen LogP contribution in [0.3, 0.4) is 0 Å². The second-order valence-electron chi connectivity index (χ2n) is 7.12. The van der Waals surface area contributed by atoms with Crippen LogP contribution in [0, 0.1) is 25.7 Å². The molecule has 2 aromatic heterocycles. The zero-order chi connectivity index (χ0) is 17.6. The summed E-state index contributed by atoms with van der Waals surface area (Å²) in [6.45, 7) is 8.12. The van der Waals surface area contributed by atoms with Gasteiger partial charge in [0.1, 0.15) is 12.1 Å². The molecule has 3 aromatic rings. The Morgan fingerprint density at radius 1 is 1.24 bits per heavy atom. The predicted molar refractivity (Wildman–Crippen MR) is 100 cm³/mol. The van der Waals surface area contributed by atoms with Gasteiger partial charge in [0.15, 0.2) is 0 Å². The van der Waals surface area contributed by atoms with E-state index in [0.717, 1.165) is 39.9 Å². The molecule has 25 heavy (non-hydrogen) atoms. The van der Waals surface area contributed by atoms with E-state index in [0.29, 0.717) is 12.5 Å². The summed E-state index contributed by atoms with van der Waals surface area (Å²) >= 11 is 5.95. The number of halogens is 1. The average Bonchev–Trinajstić information content (AvgIpc) is 3.26. The highest BCUT2D eigenvalue weighted by Crippen LogP contribution is 2.41. The van der Waals surface area contributed by atoms with Crippen molar-refractivity contribution >= 4 is 22.5 Å². The quantitative estimate of drug-likeness (QED) is 0.651. The van der Waals surface area contributed by atoms with Crippen molar-refractivity contribution in [2.75, 3.05) is 0 Å². The van der Waals surface area contributed by atoms with Gasteiger partial charge in [-0.1, -0.05) is 30.7 Å².